The minimum absolute atomic E-state index is 0.137. The van der Waals surface area contributed by atoms with Gasteiger partial charge >= 0.3 is 0 Å². The molecule has 17 heavy (non-hydrogen) atoms. The minimum atomic E-state index is 0.137. The van der Waals surface area contributed by atoms with Gasteiger partial charge in [0.15, 0.2) is 5.76 Å². The molecular formula is C12H16N2O3. The number of likely N-dealkylation sites (N-methyl/N-ethyl adjacent to an activating group) is 1. The molecule has 5 heteroatoms. The highest BCUT2D eigenvalue weighted by atomic mass is 16.4. The fourth-order valence-electron chi connectivity index (χ4n) is 1.59. The number of nitrogens with zero attached hydrogens (tertiary/aromatic N) is 2. The molecule has 0 fully saturated rings. The first-order valence-corrected chi connectivity index (χ1v) is 5.50. The van der Waals surface area contributed by atoms with Crippen molar-refractivity contribution in [2.45, 2.75) is 13.5 Å². The van der Waals surface area contributed by atoms with Gasteiger partial charge in [-0.05, 0) is 26.1 Å². The summed E-state index contributed by atoms with van der Waals surface area (Å²) in [4.78, 5) is 6.37. The Morgan fingerprint density at radius 2 is 2.29 bits per heavy atom. The van der Waals surface area contributed by atoms with E-state index in [4.69, 9.17) is 13.9 Å². The Bertz CT molecular complexity index is 462. The van der Waals surface area contributed by atoms with E-state index in [0.717, 1.165) is 11.5 Å². The van der Waals surface area contributed by atoms with E-state index in [1.807, 2.05) is 24.9 Å². The van der Waals surface area contributed by atoms with Gasteiger partial charge in [0.05, 0.1) is 18.6 Å². The number of hydrogen-bond donors (Lipinski definition) is 1. The molecule has 0 bridgehead atoms. The van der Waals surface area contributed by atoms with Crippen LogP contribution in [0.4, 0.5) is 0 Å². The van der Waals surface area contributed by atoms with Crippen LogP contribution < -0.4 is 0 Å². The third kappa shape index (κ3) is 2.75. The molecule has 0 spiro atoms. The van der Waals surface area contributed by atoms with E-state index in [9.17, 15) is 0 Å². The Kier molecular flexibility index (Phi) is 3.61. The molecule has 2 aromatic rings. The van der Waals surface area contributed by atoms with E-state index in [1.165, 1.54) is 0 Å². The molecule has 0 aliphatic carbocycles. The highest BCUT2D eigenvalue weighted by Crippen LogP contribution is 2.22. The molecule has 2 heterocycles. The van der Waals surface area contributed by atoms with Gasteiger partial charge in [-0.15, -0.1) is 0 Å². The predicted octanol–water partition coefficient (Wildman–Crippen LogP) is 1.67. The Hall–Kier alpha value is -1.59. The van der Waals surface area contributed by atoms with E-state index in [-0.39, 0.29) is 6.61 Å². The van der Waals surface area contributed by atoms with Crippen LogP contribution in [0.1, 0.15) is 11.5 Å². The van der Waals surface area contributed by atoms with Crippen LogP contribution in [0.3, 0.4) is 0 Å². The smallest absolute Gasteiger partial charge is 0.263 e. The fourth-order valence-corrected chi connectivity index (χ4v) is 1.59. The summed E-state index contributed by atoms with van der Waals surface area (Å²) in [5.74, 6) is 1.91. The molecule has 5 nitrogen and oxygen atoms in total. The van der Waals surface area contributed by atoms with Crippen molar-refractivity contribution in [3.05, 3.63) is 29.9 Å². The molecule has 92 valence electrons. The lowest BCUT2D eigenvalue weighted by atomic mass is 10.3. The average Bonchev–Trinajstić information content (AvgIpc) is 2.89. The number of aliphatic hydroxyl groups excluding tert-OH is 1. The van der Waals surface area contributed by atoms with Gasteiger partial charge in [-0.25, -0.2) is 4.98 Å². The molecule has 1 N–H and O–H groups in total. The summed E-state index contributed by atoms with van der Waals surface area (Å²) in [5.41, 5.74) is 0.868. The summed E-state index contributed by atoms with van der Waals surface area (Å²) in [5, 5.41) is 8.84. The molecule has 2 rings (SSSR count). The molecule has 0 saturated carbocycles. The summed E-state index contributed by atoms with van der Waals surface area (Å²) >= 11 is 0. The third-order valence-electron chi connectivity index (χ3n) is 2.53. The number of rotatable bonds is 5. The highest BCUT2D eigenvalue weighted by molar-refractivity contribution is 5.44. The second-order valence-electron chi connectivity index (χ2n) is 3.96. The monoisotopic (exact) mass is 236 g/mol. The zero-order valence-corrected chi connectivity index (χ0v) is 10.0. The van der Waals surface area contributed by atoms with Crippen molar-refractivity contribution >= 4 is 0 Å². The van der Waals surface area contributed by atoms with Crippen molar-refractivity contribution in [1.29, 1.82) is 0 Å². The quantitative estimate of drug-likeness (QED) is 0.855. The van der Waals surface area contributed by atoms with E-state index in [0.29, 0.717) is 24.7 Å². The van der Waals surface area contributed by atoms with Crippen LogP contribution in [-0.2, 0) is 6.54 Å². The van der Waals surface area contributed by atoms with Crippen molar-refractivity contribution in [3.8, 4) is 11.7 Å². The van der Waals surface area contributed by atoms with Crippen molar-refractivity contribution in [1.82, 2.24) is 9.88 Å². The Morgan fingerprint density at radius 1 is 1.47 bits per heavy atom. The number of aromatic nitrogens is 1. The van der Waals surface area contributed by atoms with Gasteiger partial charge in [-0.3, -0.25) is 4.90 Å². The first kappa shape index (κ1) is 11.9. The van der Waals surface area contributed by atoms with E-state index in [1.54, 1.807) is 12.3 Å². The highest BCUT2D eigenvalue weighted by Gasteiger charge is 2.14. The average molecular weight is 236 g/mol. The molecule has 0 aliphatic heterocycles. The number of hydrogen-bond acceptors (Lipinski definition) is 5. The van der Waals surface area contributed by atoms with Gasteiger partial charge in [0, 0.05) is 13.1 Å². The maximum absolute atomic E-state index is 8.84. The molecule has 2 aromatic heterocycles. The second-order valence-corrected chi connectivity index (χ2v) is 3.96. The van der Waals surface area contributed by atoms with E-state index >= 15 is 0 Å². The largest absolute Gasteiger partial charge is 0.459 e. The lowest BCUT2D eigenvalue weighted by molar-refractivity contribution is 0.215. The van der Waals surface area contributed by atoms with Gasteiger partial charge < -0.3 is 13.9 Å². The number of aryl methyl sites for hydroxylation is 1. The molecule has 0 aliphatic rings. The summed E-state index contributed by atoms with van der Waals surface area (Å²) in [6.45, 7) is 3.28. The number of aliphatic hydroxyl groups is 1. The van der Waals surface area contributed by atoms with Crippen LogP contribution in [0.2, 0.25) is 0 Å². The minimum Gasteiger partial charge on any atom is -0.459 e. The van der Waals surface area contributed by atoms with Gasteiger partial charge in [-0.1, -0.05) is 0 Å². The SMILES string of the molecule is Cc1oc(-c2ccco2)nc1CN(C)CCO. The predicted molar refractivity (Wildman–Crippen MR) is 62.4 cm³/mol. The Balaban J connectivity index is 2.14. The van der Waals surface area contributed by atoms with Crippen LogP contribution in [-0.4, -0.2) is 35.2 Å². The lowest BCUT2D eigenvalue weighted by Gasteiger charge is -2.12. The Morgan fingerprint density at radius 3 is 2.94 bits per heavy atom. The molecular weight excluding hydrogens is 220 g/mol. The maximum atomic E-state index is 8.84. The first-order chi connectivity index (χ1) is 8.20. The molecule has 0 saturated heterocycles. The lowest BCUT2D eigenvalue weighted by Crippen LogP contribution is -2.22. The van der Waals surface area contributed by atoms with Gasteiger partial charge in [0.25, 0.3) is 5.89 Å². The summed E-state index contributed by atoms with van der Waals surface area (Å²) in [6, 6.07) is 3.61. The second kappa shape index (κ2) is 5.16. The van der Waals surface area contributed by atoms with Crippen molar-refractivity contribution in [3.63, 3.8) is 0 Å². The maximum Gasteiger partial charge on any atom is 0.263 e. The normalized spacial score (nSPS) is 11.3. The van der Waals surface area contributed by atoms with Crippen molar-refractivity contribution in [2.24, 2.45) is 0 Å². The molecule has 0 amide bonds. The van der Waals surface area contributed by atoms with Crippen LogP contribution in [0, 0.1) is 6.92 Å². The third-order valence-corrected chi connectivity index (χ3v) is 2.53. The summed E-state index contributed by atoms with van der Waals surface area (Å²) in [6.07, 6.45) is 1.59. The van der Waals surface area contributed by atoms with Crippen LogP contribution in [0.5, 0.6) is 0 Å². The topological polar surface area (TPSA) is 62.6 Å². The number of oxazole rings is 1. The van der Waals surface area contributed by atoms with Gasteiger partial charge in [0.2, 0.25) is 0 Å². The molecule has 0 radical (unpaired) electrons. The van der Waals surface area contributed by atoms with Crippen molar-refractivity contribution in [2.75, 3.05) is 20.2 Å². The molecule has 0 unspecified atom stereocenters. The van der Waals surface area contributed by atoms with Gasteiger partial charge in [0.1, 0.15) is 5.76 Å². The zero-order valence-electron chi connectivity index (χ0n) is 10.0. The number of furan rings is 1. The zero-order chi connectivity index (χ0) is 12.3. The summed E-state index contributed by atoms with van der Waals surface area (Å²) in [7, 11) is 1.93. The Labute approximate surface area is 99.7 Å². The van der Waals surface area contributed by atoms with Crippen LogP contribution in [0.15, 0.2) is 27.2 Å². The molecule has 0 aromatic carbocycles. The van der Waals surface area contributed by atoms with Crippen LogP contribution >= 0.6 is 0 Å². The summed E-state index contributed by atoms with van der Waals surface area (Å²) < 4.78 is 10.8. The van der Waals surface area contributed by atoms with Gasteiger partial charge in [-0.2, -0.15) is 0 Å². The standard InChI is InChI=1S/C12H16N2O3/c1-9-10(8-14(2)5-6-15)13-12(17-9)11-4-3-7-16-11/h3-4,7,15H,5-6,8H2,1-2H3. The van der Waals surface area contributed by atoms with E-state index in [2.05, 4.69) is 4.98 Å². The fraction of sp³-hybridized carbons (Fsp3) is 0.417. The molecule has 0 atom stereocenters. The van der Waals surface area contributed by atoms with E-state index < -0.39 is 0 Å². The van der Waals surface area contributed by atoms with Crippen LogP contribution in [0.25, 0.3) is 11.7 Å². The van der Waals surface area contributed by atoms with Crippen molar-refractivity contribution < 1.29 is 13.9 Å². The first-order valence-electron chi connectivity index (χ1n) is 5.50.